The molecule has 0 aliphatic heterocycles. The second kappa shape index (κ2) is 5.34. The molecule has 0 saturated carbocycles. The van der Waals surface area contributed by atoms with E-state index in [-0.39, 0.29) is 5.38 Å². The van der Waals surface area contributed by atoms with Crippen LogP contribution in [0.4, 0.5) is 0 Å². The smallest absolute Gasteiger partial charge is 0.0838 e. The van der Waals surface area contributed by atoms with Crippen LogP contribution in [0.15, 0.2) is 36.4 Å². The average Bonchev–Trinajstić information content (AvgIpc) is 2.35. The second-order valence-electron chi connectivity index (χ2n) is 4.73. The molecule has 0 fully saturated rings. The first-order valence-electron chi connectivity index (χ1n) is 5.96. The molecule has 0 aromatic heterocycles. The Balaban J connectivity index is 2.44. The molecule has 0 amide bonds. The lowest BCUT2D eigenvalue weighted by Crippen LogP contribution is -1.97. The number of rotatable bonds is 2. The number of aryl methyl sites for hydroxylation is 3. The van der Waals surface area contributed by atoms with Gasteiger partial charge in [0.1, 0.15) is 0 Å². The van der Waals surface area contributed by atoms with Crippen molar-refractivity contribution in [3.63, 3.8) is 0 Å². The molecule has 0 heterocycles. The summed E-state index contributed by atoms with van der Waals surface area (Å²) < 4.78 is 0. The van der Waals surface area contributed by atoms with Gasteiger partial charge in [0.05, 0.1) is 5.38 Å². The van der Waals surface area contributed by atoms with Crippen LogP contribution in [0.1, 0.15) is 33.2 Å². The van der Waals surface area contributed by atoms with Crippen LogP contribution in [0.2, 0.25) is 5.02 Å². The van der Waals surface area contributed by atoms with Crippen LogP contribution < -0.4 is 0 Å². The number of hydrogen-bond acceptors (Lipinski definition) is 0. The van der Waals surface area contributed by atoms with Gasteiger partial charge in [-0.15, -0.1) is 11.6 Å². The van der Waals surface area contributed by atoms with E-state index in [0.29, 0.717) is 0 Å². The minimum absolute atomic E-state index is 0.124. The van der Waals surface area contributed by atoms with Crippen LogP contribution in [0.3, 0.4) is 0 Å². The molecule has 2 heteroatoms. The van der Waals surface area contributed by atoms with Crippen molar-refractivity contribution in [3.8, 4) is 0 Å². The first-order valence-corrected chi connectivity index (χ1v) is 6.78. The minimum atomic E-state index is -0.124. The fourth-order valence-electron chi connectivity index (χ4n) is 2.04. The van der Waals surface area contributed by atoms with E-state index >= 15 is 0 Å². The lowest BCUT2D eigenvalue weighted by Gasteiger charge is -2.15. The third-order valence-corrected chi connectivity index (χ3v) is 4.09. The van der Waals surface area contributed by atoms with Crippen LogP contribution in [0.25, 0.3) is 0 Å². The molecular formula is C16H16Cl2. The summed E-state index contributed by atoms with van der Waals surface area (Å²) in [6.07, 6.45) is 0. The van der Waals surface area contributed by atoms with E-state index in [1.807, 2.05) is 19.1 Å². The molecule has 0 aliphatic carbocycles. The SMILES string of the molecule is Cc1ccc(C)c(C(Cl)c2ccc(Cl)c(C)c2)c1. The van der Waals surface area contributed by atoms with Crippen LogP contribution in [-0.2, 0) is 0 Å². The van der Waals surface area contributed by atoms with Gasteiger partial charge in [-0.1, -0.05) is 47.5 Å². The molecule has 2 aromatic carbocycles. The van der Waals surface area contributed by atoms with Crippen molar-refractivity contribution in [1.82, 2.24) is 0 Å². The minimum Gasteiger partial charge on any atom is -0.113 e. The third-order valence-electron chi connectivity index (χ3n) is 3.18. The summed E-state index contributed by atoms with van der Waals surface area (Å²) in [6.45, 7) is 6.17. The first-order chi connectivity index (χ1) is 8.49. The predicted molar refractivity (Wildman–Crippen MR) is 79.8 cm³/mol. The largest absolute Gasteiger partial charge is 0.113 e. The summed E-state index contributed by atoms with van der Waals surface area (Å²) in [4.78, 5) is 0. The first kappa shape index (κ1) is 13.5. The summed E-state index contributed by atoms with van der Waals surface area (Å²) in [6, 6.07) is 12.3. The highest BCUT2D eigenvalue weighted by molar-refractivity contribution is 6.31. The monoisotopic (exact) mass is 278 g/mol. The summed E-state index contributed by atoms with van der Waals surface area (Å²) >= 11 is 12.6. The Bertz CT molecular complexity index is 573. The van der Waals surface area contributed by atoms with E-state index in [4.69, 9.17) is 23.2 Å². The van der Waals surface area contributed by atoms with Gasteiger partial charge in [0.15, 0.2) is 0 Å². The molecule has 0 bridgehead atoms. The van der Waals surface area contributed by atoms with Gasteiger partial charge in [-0.25, -0.2) is 0 Å². The number of hydrogen-bond donors (Lipinski definition) is 0. The van der Waals surface area contributed by atoms with E-state index in [1.54, 1.807) is 0 Å². The Hall–Kier alpha value is -0.980. The van der Waals surface area contributed by atoms with E-state index in [9.17, 15) is 0 Å². The highest BCUT2D eigenvalue weighted by Crippen LogP contribution is 2.33. The van der Waals surface area contributed by atoms with Crippen LogP contribution in [0, 0.1) is 20.8 Å². The molecule has 2 aromatic rings. The van der Waals surface area contributed by atoms with Gasteiger partial charge in [0.2, 0.25) is 0 Å². The molecule has 1 atom stereocenters. The topological polar surface area (TPSA) is 0 Å². The highest BCUT2D eigenvalue weighted by atomic mass is 35.5. The third kappa shape index (κ3) is 2.71. The van der Waals surface area contributed by atoms with Crippen LogP contribution in [-0.4, -0.2) is 0 Å². The Kier molecular flexibility index (Phi) is 3.99. The number of alkyl halides is 1. The van der Waals surface area contributed by atoms with E-state index in [0.717, 1.165) is 16.1 Å². The highest BCUT2D eigenvalue weighted by Gasteiger charge is 2.14. The van der Waals surface area contributed by atoms with E-state index in [2.05, 4.69) is 38.1 Å². The molecule has 94 valence electrons. The maximum atomic E-state index is 6.59. The fraction of sp³-hybridized carbons (Fsp3) is 0.250. The van der Waals surface area contributed by atoms with E-state index < -0.39 is 0 Å². The molecule has 0 spiro atoms. The van der Waals surface area contributed by atoms with Gasteiger partial charge >= 0.3 is 0 Å². The maximum absolute atomic E-state index is 6.59. The van der Waals surface area contributed by atoms with Gasteiger partial charge in [0, 0.05) is 5.02 Å². The maximum Gasteiger partial charge on any atom is 0.0838 e. The lowest BCUT2D eigenvalue weighted by atomic mass is 9.97. The average molecular weight is 279 g/mol. The molecule has 18 heavy (non-hydrogen) atoms. The summed E-state index contributed by atoms with van der Waals surface area (Å²) in [5, 5.41) is 0.657. The number of halogens is 2. The Labute approximate surface area is 119 Å². The zero-order valence-electron chi connectivity index (χ0n) is 10.8. The Morgan fingerprint density at radius 3 is 2.28 bits per heavy atom. The molecule has 0 radical (unpaired) electrons. The zero-order valence-corrected chi connectivity index (χ0v) is 12.3. The van der Waals surface area contributed by atoms with Crippen LogP contribution >= 0.6 is 23.2 Å². The predicted octanol–water partition coefficient (Wildman–Crippen LogP) is 5.59. The van der Waals surface area contributed by atoms with Crippen molar-refractivity contribution < 1.29 is 0 Å². The summed E-state index contributed by atoms with van der Waals surface area (Å²) in [5.74, 6) is 0. The molecule has 0 saturated heterocycles. The van der Waals surface area contributed by atoms with Gasteiger partial charge in [-0.3, -0.25) is 0 Å². The normalized spacial score (nSPS) is 12.5. The summed E-state index contributed by atoms with van der Waals surface area (Å²) in [7, 11) is 0. The molecule has 0 nitrogen and oxygen atoms in total. The molecular weight excluding hydrogens is 263 g/mol. The molecule has 0 aliphatic rings. The summed E-state index contributed by atoms with van der Waals surface area (Å²) in [5.41, 5.74) is 5.76. The number of benzene rings is 2. The van der Waals surface area contributed by atoms with Crippen molar-refractivity contribution >= 4 is 23.2 Å². The molecule has 1 unspecified atom stereocenters. The zero-order chi connectivity index (χ0) is 13.3. The quantitative estimate of drug-likeness (QED) is 0.628. The van der Waals surface area contributed by atoms with Crippen molar-refractivity contribution in [1.29, 1.82) is 0 Å². The molecule has 0 N–H and O–H groups in total. The van der Waals surface area contributed by atoms with E-state index in [1.165, 1.54) is 16.7 Å². The van der Waals surface area contributed by atoms with Crippen molar-refractivity contribution in [2.24, 2.45) is 0 Å². The van der Waals surface area contributed by atoms with Crippen molar-refractivity contribution in [3.05, 3.63) is 69.2 Å². The Morgan fingerprint density at radius 1 is 0.889 bits per heavy atom. The second-order valence-corrected chi connectivity index (χ2v) is 5.57. The lowest BCUT2D eigenvalue weighted by molar-refractivity contribution is 1.10. The molecule has 2 rings (SSSR count). The van der Waals surface area contributed by atoms with Gasteiger partial charge in [0.25, 0.3) is 0 Å². The van der Waals surface area contributed by atoms with Crippen LogP contribution in [0.5, 0.6) is 0 Å². The van der Waals surface area contributed by atoms with Gasteiger partial charge < -0.3 is 0 Å². The Morgan fingerprint density at radius 2 is 1.61 bits per heavy atom. The van der Waals surface area contributed by atoms with Crippen molar-refractivity contribution in [2.75, 3.05) is 0 Å². The van der Waals surface area contributed by atoms with Crippen molar-refractivity contribution in [2.45, 2.75) is 26.1 Å². The van der Waals surface area contributed by atoms with Gasteiger partial charge in [-0.2, -0.15) is 0 Å². The van der Waals surface area contributed by atoms with Gasteiger partial charge in [-0.05, 0) is 49.1 Å². The fourth-order valence-corrected chi connectivity index (χ4v) is 2.53. The standard InChI is InChI=1S/C16H16Cl2/c1-10-4-5-11(2)14(8-10)16(18)13-6-7-15(17)12(3)9-13/h4-9,16H,1-3H3.